The fourth-order valence-corrected chi connectivity index (χ4v) is 4.07. The van der Waals surface area contributed by atoms with E-state index in [2.05, 4.69) is 4.72 Å². The molecule has 2 aromatic rings. The first-order chi connectivity index (χ1) is 10.5. The van der Waals surface area contributed by atoms with Gasteiger partial charge in [-0.05, 0) is 36.6 Å². The zero-order valence-corrected chi connectivity index (χ0v) is 12.9. The minimum absolute atomic E-state index is 0.0324. The number of hydrogen-bond donors (Lipinski definition) is 1. The first kappa shape index (κ1) is 15.2. The zero-order chi connectivity index (χ0) is 15.6. The molecule has 1 aliphatic rings. The Bertz CT molecular complexity index is 755. The van der Waals surface area contributed by atoms with Crippen LogP contribution in [-0.2, 0) is 15.4 Å². The number of sulfonamides is 1. The molecular formula is C17H18FNO2S. The van der Waals surface area contributed by atoms with Crippen LogP contribution >= 0.6 is 0 Å². The van der Waals surface area contributed by atoms with Crippen LogP contribution in [0.5, 0.6) is 0 Å². The van der Waals surface area contributed by atoms with Crippen molar-refractivity contribution in [2.24, 2.45) is 0 Å². The van der Waals surface area contributed by atoms with Crippen molar-refractivity contribution in [2.45, 2.75) is 29.6 Å². The normalized spacial score (nSPS) is 17.0. The topological polar surface area (TPSA) is 46.2 Å². The van der Waals surface area contributed by atoms with Crippen molar-refractivity contribution in [1.82, 2.24) is 4.72 Å². The lowest BCUT2D eigenvalue weighted by atomic mass is 9.64. The number of rotatable bonds is 5. The van der Waals surface area contributed by atoms with Gasteiger partial charge >= 0.3 is 0 Å². The molecular weight excluding hydrogens is 301 g/mol. The van der Waals surface area contributed by atoms with Gasteiger partial charge in [0.25, 0.3) is 0 Å². The van der Waals surface area contributed by atoms with Crippen LogP contribution in [0.3, 0.4) is 0 Å². The van der Waals surface area contributed by atoms with E-state index in [1.54, 1.807) is 0 Å². The first-order valence-electron chi connectivity index (χ1n) is 7.33. The summed E-state index contributed by atoms with van der Waals surface area (Å²) in [6.07, 6.45) is 3.02. The van der Waals surface area contributed by atoms with Crippen LogP contribution in [-0.4, -0.2) is 15.0 Å². The van der Waals surface area contributed by atoms with Crippen LogP contribution in [0, 0.1) is 5.82 Å². The van der Waals surface area contributed by atoms with Gasteiger partial charge in [-0.25, -0.2) is 17.5 Å². The number of nitrogens with one attached hydrogen (secondary N) is 1. The fourth-order valence-electron chi connectivity index (χ4n) is 2.91. The highest BCUT2D eigenvalue weighted by Crippen LogP contribution is 2.43. The van der Waals surface area contributed by atoms with Gasteiger partial charge in [0, 0.05) is 12.0 Å². The molecule has 0 radical (unpaired) electrons. The molecule has 1 aliphatic carbocycles. The lowest BCUT2D eigenvalue weighted by Crippen LogP contribution is -2.45. The average molecular weight is 319 g/mol. The Morgan fingerprint density at radius 1 is 1.05 bits per heavy atom. The average Bonchev–Trinajstić information content (AvgIpc) is 2.47. The fraction of sp³-hybridized carbons (Fsp3) is 0.294. The summed E-state index contributed by atoms with van der Waals surface area (Å²) in [5.74, 6) is -0.552. The van der Waals surface area contributed by atoms with Crippen LogP contribution in [0.4, 0.5) is 4.39 Å². The van der Waals surface area contributed by atoms with Gasteiger partial charge < -0.3 is 0 Å². The maximum absolute atomic E-state index is 13.2. The Labute approximate surface area is 130 Å². The monoisotopic (exact) mass is 319 g/mol. The summed E-state index contributed by atoms with van der Waals surface area (Å²) in [6, 6.07) is 15.0. The van der Waals surface area contributed by atoms with E-state index in [4.69, 9.17) is 0 Å². The summed E-state index contributed by atoms with van der Waals surface area (Å²) in [5, 5.41) is 0. The molecule has 2 aromatic carbocycles. The molecule has 0 aromatic heterocycles. The minimum atomic E-state index is -3.69. The third kappa shape index (κ3) is 2.91. The Hall–Kier alpha value is -1.72. The quantitative estimate of drug-likeness (QED) is 0.920. The smallest absolute Gasteiger partial charge is 0.210 e. The highest BCUT2D eigenvalue weighted by molar-refractivity contribution is 7.89. The molecule has 3 rings (SSSR count). The molecule has 116 valence electrons. The Morgan fingerprint density at radius 2 is 1.77 bits per heavy atom. The van der Waals surface area contributed by atoms with Crippen LogP contribution in [0.1, 0.15) is 24.8 Å². The van der Waals surface area contributed by atoms with E-state index in [-0.39, 0.29) is 10.3 Å². The third-order valence-electron chi connectivity index (χ3n) is 4.40. The van der Waals surface area contributed by atoms with Crippen molar-refractivity contribution in [2.75, 3.05) is 6.54 Å². The molecule has 0 amide bonds. The van der Waals surface area contributed by atoms with E-state index in [9.17, 15) is 12.8 Å². The molecule has 0 heterocycles. The maximum Gasteiger partial charge on any atom is 0.240 e. The van der Waals surface area contributed by atoms with E-state index < -0.39 is 15.8 Å². The number of hydrogen-bond acceptors (Lipinski definition) is 2. The second-order valence-corrected chi connectivity index (χ2v) is 7.55. The Kier molecular flexibility index (Phi) is 4.02. The van der Waals surface area contributed by atoms with E-state index in [0.717, 1.165) is 30.9 Å². The molecule has 1 saturated carbocycles. The van der Waals surface area contributed by atoms with E-state index in [0.29, 0.717) is 6.54 Å². The third-order valence-corrected chi connectivity index (χ3v) is 5.80. The van der Waals surface area contributed by atoms with Gasteiger partial charge in [0.1, 0.15) is 5.82 Å². The predicted molar refractivity (Wildman–Crippen MR) is 83.6 cm³/mol. The van der Waals surface area contributed by atoms with E-state index >= 15 is 0 Å². The minimum Gasteiger partial charge on any atom is -0.210 e. The van der Waals surface area contributed by atoms with Crippen LogP contribution < -0.4 is 4.72 Å². The summed E-state index contributed by atoms with van der Waals surface area (Å²) in [4.78, 5) is -0.0324. The second kappa shape index (κ2) is 5.82. The highest BCUT2D eigenvalue weighted by atomic mass is 32.2. The first-order valence-corrected chi connectivity index (χ1v) is 8.81. The van der Waals surface area contributed by atoms with Crippen LogP contribution in [0.2, 0.25) is 0 Å². The molecule has 1 N–H and O–H groups in total. The highest BCUT2D eigenvalue weighted by Gasteiger charge is 2.39. The van der Waals surface area contributed by atoms with Gasteiger partial charge in [0.2, 0.25) is 10.0 Å². The molecule has 3 nitrogen and oxygen atoms in total. The van der Waals surface area contributed by atoms with Crippen LogP contribution in [0.25, 0.3) is 0 Å². The van der Waals surface area contributed by atoms with E-state index in [1.807, 2.05) is 30.3 Å². The standard InChI is InChI=1S/C17H18FNO2S/c18-15-8-4-9-16(12-15)22(20,21)19-13-17(10-5-11-17)14-6-2-1-3-7-14/h1-4,6-9,12,19H,5,10-11,13H2. The van der Waals surface area contributed by atoms with Crippen molar-refractivity contribution in [3.05, 3.63) is 66.0 Å². The Balaban J connectivity index is 1.79. The van der Waals surface area contributed by atoms with Crippen molar-refractivity contribution >= 4 is 10.0 Å². The summed E-state index contributed by atoms with van der Waals surface area (Å²) >= 11 is 0. The summed E-state index contributed by atoms with van der Waals surface area (Å²) < 4.78 is 40.5. The summed E-state index contributed by atoms with van der Waals surface area (Å²) in [6.45, 7) is 0.343. The van der Waals surface area contributed by atoms with Gasteiger partial charge in [-0.15, -0.1) is 0 Å². The predicted octanol–water partition coefficient (Wildman–Crippen LogP) is 3.23. The van der Waals surface area contributed by atoms with Gasteiger partial charge in [0.15, 0.2) is 0 Å². The molecule has 5 heteroatoms. The Morgan fingerprint density at radius 3 is 2.36 bits per heavy atom. The van der Waals surface area contributed by atoms with E-state index in [1.165, 1.54) is 18.2 Å². The zero-order valence-electron chi connectivity index (χ0n) is 12.1. The molecule has 0 unspecified atom stereocenters. The molecule has 1 fully saturated rings. The van der Waals surface area contributed by atoms with Gasteiger partial charge in [-0.3, -0.25) is 0 Å². The van der Waals surface area contributed by atoms with Gasteiger partial charge in [-0.1, -0.05) is 42.8 Å². The molecule has 0 atom stereocenters. The maximum atomic E-state index is 13.2. The van der Waals surface area contributed by atoms with Gasteiger partial charge in [-0.2, -0.15) is 0 Å². The van der Waals surface area contributed by atoms with Crippen molar-refractivity contribution in [1.29, 1.82) is 0 Å². The van der Waals surface area contributed by atoms with Crippen molar-refractivity contribution in [3.63, 3.8) is 0 Å². The molecule has 0 bridgehead atoms. The SMILES string of the molecule is O=S(=O)(NCC1(c2ccccc2)CCC1)c1cccc(F)c1. The van der Waals surface area contributed by atoms with Crippen LogP contribution in [0.15, 0.2) is 59.5 Å². The number of benzene rings is 2. The second-order valence-electron chi connectivity index (χ2n) is 5.78. The molecule has 0 spiro atoms. The largest absolute Gasteiger partial charge is 0.240 e. The molecule has 0 aliphatic heterocycles. The van der Waals surface area contributed by atoms with Crippen molar-refractivity contribution < 1.29 is 12.8 Å². The summed E-state index contributed by atoms with van der Waals surface area (Å²) in [5.41, 5.74) is 1.02. The van der Waals surface area contributed by atoms with Gasteiger partial charge in [0.05, 0.1) is 4.90 Å². The lowest BCUT2D eigenvalue weighted by Gasteiger charge is -2.42. The summed E-state index contributed by atoms with van der Waals surface area (Å²) in [7, 11) is -3.69. The lowest BCUT2D eigenvalue weighted by molar-refractivity contribution is 0.245. The molecule has 22 heavy (non-hydrogen) atoms. The number of halogens is 1. The molecule has 0 saturated heterocycles. The van der Waals surface area contributed by atoms with Crippen molar-refractivity contribution in [3.8, 4) is 0 Å².